The molecule has 0 aliphatic heterocycles. The van der Waals surface area contributed by atoms with Crippen molar-refractivity contribution in [1.82, 2.24) is 0 Å². The SMILES string of the molecule is CCCc1ccc2[nH+]cccc2c1. The van der Waals surface area contributed by atoms with Crippen molar-refractivity contribution in [2.75, 3.05) is 0 Å². The van der Waals surface area contributed by atoms with E-state index in [2.05, 4.69) is 36.2 Å². The molecule has 1 aromatic heterocycles. The van der Waals surface area contributed by atoms with Crippen LogP contribution in [0.25, 0.3) is 10.9 Å². The van der Waals surface area contributed by atoms with Crippen molar-refractivity contribution in [3.05, 3.63) is 42.1 Å². The van der Waals surface area contributed by atoms with Gasteiger partial charge in [0.15, 0.2) is 6.20 Å². The zero-order valence-electron chi connectivity index (χ0n) is 7.88. The average Bonchev–Trinajstić information content (AvgIpc) is 2.18. The molecule has 66 valence electrons. The fourth-order valence-corrected chi connectivity index (χ4v) is 1.62. The minimum absolute atomic E-state index is 1.17. The van der Waals surface area contributed by atoms with E-state index in [9.17, 15) is 0 Å². The van der Waals surface area contributed by atoms with Crippen LogP contribution in [-0.2, 0) is 6.42 Å². The van der Waals surface area contributed by atoms with Crippen molar-refractivity contribution < 1.29 is 4.98 Å². The second kappa shape index (κ2) is 3.56. The average molecular weight is 172 g/mol. The summed E-state index contributed by atoms with van der Waals surface area (Å²) >= 11 is 0. The molecule has 1 heteroatoms. The fraction of sp³-hybridized carbons (Fsp3) is 0.250. The number of nitrogens with one attached hydrogen (secondary N) is 1. The fourth-order valence-electron chi connectivity index (χ4n) is 1.62. The third-order valence-corrected chi connectivity index (χ3v) is 2.27. The Morgan fingerprint density at radius 3 is 3.00 bits per heavy atom. The number of hydrogen-bond donors (Lipinski definition) is 0. The Balaban J connectivity index is 2.49. The van der Waals surface area contributed by atoms with Crippen LogP contribution in [0.2, 0.25) is 0 Å². The highest BCUT2D eigenvalue weighted by atomic mass is 14.6. The van der Waals surface area contributed by atoms with Gasteiger partial charge in [-0.3, -0.25) is 0 Å². The Hall–Kier alpha value is -1.37. The maximum atomic E-state index is 3.22. The van der Waals surface area contributed by atoms with Crippen molar-refractivity contribution in [2.24, 2.45) is 0 Å². The first-order valence-electron chi connectivity index (χ1n) is 4.79. The van der Waals surface area contributed by atoms with Crippen LogP contribution in [0.5, 0.6) is 0 Å². The molecule has 0 saturated carbocycles. The molecule has 1 nitrogen and oxygen atoms in total. The van der Waals surface area contributed by atoms with Gasteiger partial charge in [-0.25, -0.2) is 4.98 Å². The maximum absolute atomic E-state index is 3.22. The lowest BCUT2D eigenvalue weighted by Crippen LogP contribution is -2.01. The normalized spacial score (nSPS) is 10.5. The second-order valence-electron chi connectivity index (χ2n) is 3.34. The van der Waals surface area contributed by atoms with Gasteiger partial charge in [-0.2, -0.15) is 0 Å². The number of hydrogen-bond acceptors (Lipinski definition) is 0. The molecule has 0 saturated heterocycles. The minimum Gasteiger partial charge on any atom is -0.211 e. The first kappa shape index (κ1) is 8.24. The van der Waals surface area contributed by atoms with Crippen LogP contribution in [0.3, 0.4) is 0 Å². The van der Waals surface area contributed by atoms with Crippen molar-refractivity contribution in [3.63, 3.8) is 0 Å². The standard InChI is InChI=1S/C12H13N/c1-2-4-10-6-7-12-11(9-10)5-3-8-13-12/h3,5-9H,2,4H2,1H3/p+1. The maximum Gasteiger partial charge on any atom is 0.210 e. The van der Waals surface area contributed by atoms with Crippen LogP contribution in [0.4, 0.5) is 0 Å². The third kappa shape index (κ3) is 1.69. The number of benzene rings is 1. The van der Waals surface area contributed by atoms with Crippen molar-refractivity contribution in [3.8, 4) is 0 Å². The molecule has 0 amide bonds. The summed E-state index contributed by atoms with van der Waals surface area (Å²) in [6, 6.07) is 10.8. The highest BCUT2D eigenvalue weighted by Gasteiger charge is 1.99. The molecule has 0 aliphatic rings. The van der Waals surface area contributed by atoms with Crippen LogP contribution in [0.15, 0.2) is 36.5 Å². The predicted molar refractivity (Wildman–Crippen MR) is 54.5 cm³/mol. The van der Waals surface area contributed by atoms with E-state index in [1.54, 1.807) is 0 Å². The molecule has 0 aliphatic carbocycles. The summed E-state index contributed by atoms with van der Waals surface area (Å²) in [4.78, 5) is 3.22. The van der Waals surface area contributed by atoms with E-state index in [1.165, 1.54) is 29.3 Å². The zero-order valence-corrected chi connectivity index (χ0v) is 7.88. The second-order valence-corrected chi connectivity index (χ2v) is 3.34. The first-order chi connectivity index (χ1) is 6.40. The molecular formula is C12H14N+. The molecule has 2 rings (SSSR count). The van der Waals surface area contributed by atoms with Crippen LogP contribution in [0, 0.1) is 0 Å². The molecule has 0 fully saturated rings. The Labute approximate surface area is 78.4 Å². The van der Waals surface area contributed by atoms with Crippen molar-refractivity contribution in [1.29, 1.82) is 0 Å². The highest BCUT2D eigenvalue weighted by Crippen LogP contribution is 2.12. The number of H-pyrrole nitrogens is 1. The Kier molecular flexibility index (Phi) is 2.26. The van der Waals surface area contributed by atoms with Gasteiger partial charge in [0.05, 0.1) is 0 Å². The number of aromatic amines is 1. The van der Waals surface area contributed by atoms with Crippen molar-refractivity contribution >= 4 is 10.9 Å². The van der Waals surface area contributed by atoms with Crippen molar-refractivity contribution in [2.45, 2.75) is 19.8 Å². The molecule has 1 aromatic carbocycles. The minimum atomic E-state index is 1.17. The molecule has 0 bridgehead atoms. The topological polar surface area (TPSA) is 14.1 Å². The van der Waals surface area contributed by atoms with Crippen LogP contribution < -0.4 is 4.98 Å². The van der Waals surface area contributed by atoms with E-state index < -0.39 is 0 Å². The van der Waals surface area contributed by atoms with Gasteiger partial charge in [-0.1, -0.05) is 19.4 Å². The molecule has 0 atom stereocenters. The first-order valence-corrected chi connectivity index (χ1v) is 4.79. The summed E-state index contributed by atoms with van der Waals surface area (Å²) in [6.07, 6.45) is 4.34. The largest absolute Gasteiger partial charge is 0.211 e. The lowest BCUT2D eigenvalue weighted by Gasteiger charge is -1.97. The summed E-state index contributed by atoms with van der Waals surface area (Å²) in [5, 5.41) is 1.30. The van der Waals surface area contributed by atoms with Gasteiger partial charge in [-0.15, -0.1) is 0 Å². The number of fused-ring (bicyclic) bond motifs is 1. The summed E-state index contributed by atoms with van der Waals surface area (Å²) in [5.74, 6) is 0. The van der Waals surface area contributed by atoms with Gasteiger partial charge in [0, 0.05) is 17.5 Å². The van der Waals surface area contributed by atoms with Crippen LogP contribution in [-0.4, -0.2) is 0 Å². The van der Waals surface area contributed by atoms with E-state index in [0.717, 1.165) is 0 Å². The number of pyridine rings is 1. The summed E-state index contributed by atoms with van der Waals surface area (Å²) < 4.78 is 0. The monoisotopic (exact) mass is 172 g/mol. The number of rotatable bonds is 2. The molecule has 0 spiro atoms. The van der Waals surface area contributed by atoms with Gasteiger partial charge in [-0.05, 0) is 24.1 Å². The Morgan fingerprint density at radius 2 is 2.15 bits per heavy atom. The summed E-state index contributed by atoms with van der Waals surface area (Å²) in [7, 11) is 0. The van der Waals surface area contributed by atoms with E-state index >= 15 is 0 Å². The van der Waals surface area contributed by atoms with Crippen LogP contribution >= 0.6 is 0 Å². The molecule has 1 heterocycles. The van der Waals surface area contributed by atoms with E-state index in [0.29, 0.717) is 0 Å². The predicted octanol–water partition coefficient (Wildman–Crippen LogP) is 2.61. The Morgan fingerprint density at radius 1 is 1.23 bits per heavy atom. The third-order valence-electron chi connectivity index (χ3n) is 2.27. The quantitative estimate of drug-likeness (QED) is 0.661. The van der Waals surface area contributed by atoms with Gasteiger partial charge in [0.1, 0.15) is 0 Å². The molecule has 2 aromatic rings. The van der Waals surface area contributed by atoms with Gasteiger partial charge < -0.3 is 0 Å². The lowest BCUT2D eigenvalue weighted by molar-refractivity contribution is -0.344. The molecule has 0 unspecified atom stereocenters. The van der Waals surface area contributed by atoms with Crippen LogP contribution in [0.1, 0.15) is 18.9 Å². The summed E-state index contributed by atoms with van der Waals surface area (Å²) in [5.41, 5.74) is 2.64. The highest BCUT2D eigenvalue weighted by molar-refractivity contribution is 5.75. The van der Waals surface area contributed by atoms with Gasteiger partial charge in [0.25, 0.3) is 0 Å². The lowest BCUT2D eigenvalue weighted by atomic mass is 10.1. The number of aryl methyl sites for hydroxylation is 1. The van der Waals surface area contributed by atoms with E-state index in [1.807, 2.05) is 12.3 Å². The molecule has 0 radical (unpaired) electrons. The summed E-state index contributed by atoms with van der Waals surface area (Å²) in [6.45, 7) is 2.21. The smallest absolute Gasteiger partial charge is 0.210 e. The van der Waals surface area contributed by atoms with Gasteiger partial charge in [0.2, 0.25) is 5.52 Å². The van der Waals surface area contributed by atoms with E-state index in [4.69, 9.17) is 0 Å². The van der Waals surface area contributed by atoms with E-state index in [-0.39, 0.29) is 0 Å². The Bertz CT molecular complexity index is 407. The number of aromatic nitrogens is 1. The zero-order chi connectivity index (χ0) is 9.10. The molecule has 13 heavy (non-hydrogen) atoms. The molecular weight excluding hydrogens is 158 g/mol. The van der Waals surface area contributed by atoms with Gasteiger partial charge >= 0.3 is 0 Å². The molecule has 1 N–H and O–H groups in total.